The van der Waals surface area contributed by atoms with Gasteiger partial charge in [0.2, 0.25) is 5.88 Å². The Morgan fingerprint density at radius 2 is 1.78 bits per heavy atom. The van der Waals surface area contributed by atoms with Gasteiger partial charge in [-0.05, 0) is 54.8 Å². The predicted octanol–water partition coefficient (Wildman–Crippen LogP) is 8.23. The van der Waals surface area contributed by atoms with Crippen molar-refractivity contribution in [2.45, 2.75) is 57.3 Å². The van der Waals surface area contributed by atoms with Gasteiger partial charge in [0.15, 0.2) is 12.4 Å². The number of halogens is 8. The van der Waals surface area contributed by atoms with Crippen LogP contribution in [0.1, 0.15) is 56.8 Å². The molecule has 0 spiro atoms. The summed E-state index contributed by atoms with van der Waals surface area (Å²) in [4.78, 5) is 34.7. The van der Waals surface area contributed by atoms with Crippen LogP contribution < -0.4 is 20.7 Å². The smallest absolute Gasteiger partial charge is 0.391 e. The minimum absolute atomic E-state index is 0.0627. The Balaban J connectivity index is 1.30. The summed E-state index contributed by atoms with van der Waals surface area (Å²) in [6.45, 7) is -0.974. The van der Waals surface area contributed by atoms with E-state index in [1.165, 1.54) is 17.4 Å². The maximum atomic E-state index is 13.2. The summed E-state index contributed by atoms with van der Waals surface area (Å²) in [6.07, 6.45) is -7.06. The SMILES string of the molecule is O=C(NC1CCC(C(F)(F)F)CC1)c1cc2c(nc1OCC(F)F)N=C(Nc1c(Cl)ccc(CNC(=O)c3sccc3Cl)c1Cl)C2. The van der Waals surface area contributed by atoms with Gasteiger partial charge < -0.3 is 20.7 Å². The summed E-state index contributed by atoms with van der Waals surface area (Å²) < 4.78 is 70.3. The number of alkyl halides is 5. The molecule has 0 atom stereocenters. The lowest BCUT2D eigenvalue weighted by Gasteiger charge is -2.30. The molecular weight excluding hydrogens is 700 g/mol. The van der Waals surface area contributed by atoms with E-state index in [1.54, 1.807) is 23.6 Å². The summed E-state index contributed by atoms with van der Waals surface area (Å²) in [7, 11) is 0. The van der Waals surface area contributed by atoms with Crippen molar-refractivity contribution in [3.63, 3.8) is 0 Å². The topological polar surface area (TPSA) is 105 Å². The Hall–Kier alpha value is -3.20. The number of ether oxygens (including phenoxy) is 1. The maximum Gasteiger partial charge on any atom is 0.391 e. The second-order valence-corrected chi connectivity index (χ2v) is 12.7. The van der Waals surface area contributed by atoms with E-state index in [1.807, 2.05) is 0 Å². The number of rotatable bonds is 9. The Morgan fingerprint density at radius 1 is 1.04 bits per heavy atom. The van der Waals surface area contributed by atoms with E-state index in [9.17, 15) is 31.5 Å². The van der Waals surface area contributed by atoms with Crippen LogP contribution in [-0.2, 0) is 13.0 Å². The molecule has 246 valence electrons. The highest BCUT2D eigenvalue weighted by Crippen LogP contribution is 2.39. The van der Waals surface area contributed by atoms with Crippen LogP contribution in [0.2, 0.25) is 15.1 Å². The third-order valence-corrected chi connectivity index (χ3v) is 9.55. The number of amides is 2. The number of thiophene rings is 1. The highest BCUT2D eigenvalue weighted by molar-refractivity contribution is 7.12. The van der Waals surface area contributed by atoms with Gasteiger partial charge in [-0.3, -0.25) is 9.59 Å². The number of anilines is 1. The van der Waals surface area contributed by atoms with Gasteiger partial charge >= 0.3 is 6.18 Å². The molecule has 1 aromatic carbocycles. The number of pyridine rings is 1. The van der Waals surface area contributed by atoms with E-state index in [-0.39, 0.29) is 77.5 Å². The third-order valence-electron chi connectivity index (χ3n) is 7.46. The Bertz CT molecular complexity index is 1660. The van der Waals surface area contributed by atoms with Crippen LogP contribution in [0.5, 0.6) is 5.88 Å². The lowest BCUT2D eigenvalue weighted by atomic mass is 9.85. The summed E-state index contributed by atoms with van der Waals surface area (Å²) in [5.74, 6) is -2.47. The van der Waals surface area contributed by atoms with Crippen LogP contribution in [0.3, 0.4) is 0 Å². The number of nitrogens with zero attached hydrogens (tertiary/aromatic N) is 2. The fraction of sp³-hybridized carbons (Fsp3) is 0.379. The number of benzene rings is 1. The molecule has 0 saturated heterocycles. The molecule has 1 fully saturated rings. The highest BCUT2D eigenvalue weighted by atomic mass is 35.5. The minimum atomic E-state index is -4.30. The molecule has 0 radical (unpaired) electrons. The number of amidine groups is 1. The van der Waals surface area contributed by atoms with Crippen LogP contribution in [0.15, 0.2) is 34.6 Å². The molecule has 2 amide bonds. The molecule has 46 heavy (non-hydrogen) atoms. The number of carbonyl (C=O) groups excluding carboxylic acids is 2. The van der Waals surface area contributed by atoms with Crippen LogP contribution in [0.25, 0.3) is 0 Å². The molecular formula is C29H25Cl3F5N5O3S. The standard InChI is InChI=1S/C29H25Cl3F5N5O3S/c30-18-6-1-13(11-38-27(44)24-19(31)7-8-46-24)22(32)23(18)40-21-10-14-9-17(28(42-25(14)41-21)45-12-20(33)34)26(43)39-16-4-2-15(3-5-16)29(35,36)37/h1,6-9,15-16,20H,2-5,10-12H2,(H,38,44)(H,39,43)(H,40,41,42). The fourth-order valence-corrected chi connectivity index (χ4v) is 6.71. The molecule has 1 saturated carbocycles. The molecule has 1 aliphatic heterocycles. The molecule has 17 heteroatoms. The Kier molecular flexibility index (Phi) is 10.6. The van der Waals surface area contributed by atoms with E-state index in [0.29, 0.717) is 26.9 Å². The van der Waals surface area contributed by atoms with Crippen molar-refractivity contribution >= 4 is 75.3 Å². The number of fused-ring (bicyclic) bond motifs is 1. The van der Waals surface area contributed by atoms with E-state index in [4.69, 9.17) is 39.5 Å². The fourth-order valence-electron chi connectivity index (χ4n) is 5.12. The molecule has 3 heterocycles. The predicted molar refractivity (Wildman–Crippen MR) is 166 cm³/mol. The summed E-state index contributed by atoms with van der Waals surface area (Å²) >= 11 is 20.3. The first-order valence-electron chi connectivity index (χ1n) is 13.9. The first kappa shape index (κ1) is 34.1. The first-order chi connectivity index (χ1) is 21.8. The van der Waals surface area contributed by atoms with Crippen molar-refractivity contribution in [2.24, 2.45) is 10.9 Å². The molecule has 8 nitrogen and oxygen atoms in total. The van der Waals surface area contributed by atoms with Crippen molar-refractivity contribution in [2.75, 3.05) is 11.9 Å². The zero-order valence-electron chi connectivity index (χ0n) is 23.6. The van der Waals surface area contributed by atoms with Crippen molar-refractivity contribution in [3.05, 3.63) is 66.3 Å². The molecule has 2 aromatic heterocycles. The number of hydrogen-bond donors (Lipinski definition) is 3. The molecule has 0 bridgehead atoms. The van der Waals surface area contributed by atoms with Gasteiger partial charge in [-0.2, -0.15) is 18.2 Å². The van der Waals surface area contributed by atoms with Crippen LogP contribution in [-0.4, -0.2) is 47.9 Å². The first-order valence-corrected chi connectivity index (χ1v) is 16.0. The molecule has 3 N–H and O–H groups in total. The average Bonchev–Trinajstić information content (AvgIpc) is 3.61. The van der Waals surface area contributed by atoms with E-state index >= 15 is 0 Å². The normalized spacial score (nSPS) is 17.8. The molecule has 2 aliphatic rings. The summed E-state index contributed by atoms with van der Waals surface area (Å²) in [5, 5.41) is 11.0. The van der Waals surface area contributed by atoms with E-state index in [0.717, 1.165) is 0 Å². The third kappa shape index (κ3) is 8.01. The van der Waals surface area contributed by atoms with Gasteiger partial charge in [0.25, 0.3) is 18.2 Å². The van der Waals surface area contributed by atoms with Gasteiger partial charge in [0, 0.05) is 24.6 Å². The van der Waals surface area contributed by atoms with Gasteiger partial charge in [-0.15, -0.1) is 11.3 Å². The van der Waals surface area contributed by atoms with Crippen LogP contribution >= 0.6 is 46.1 Å². The highest BCUT2D eigenvalue weighted by Gasteiger charge is 2.41. The van der Waals surface area contributed by atoms with Gasteiger partial charge in [-0.1, -0.05) is 40.9 Å². The number of nitrogens with one attached hydrogen (secondary N) is 3. The number of hydrogen-bond acceptors (Lipinski definition) is 7. The second kappa shape index (κ2) is 14.3. The van der Waals surface area contributed by atoms with Crippen molar-refractivity contribution in [3.8, 4) is 5.88 Å². The summed E-state index contributed by atoms with van der Waals surface area (Å²) in [6, 6.07) is 5.72. The monoisotopic (exact) mass is 723 g/mol. The molecule has 3 aromatic rings. The second-order valence-electron chi connectivity index (χ2n) is 10.6. The van der Waals surface area contributed by atoms with Crippen LogP contribution in [0, 0.1) is 5.92 Å². The van der Waals surface area contributed by atoms with Crippen LogP contribution in [0.4, 0.5) is 33.5 Å². The quantitative estimate of drug-likeness (QED) is 0.193. The number of carbonyl (C=O) groups is 2. The summed E-state index contributed by atoms with van der Waals surface area (Å²) in [5.41, 5.74) is 1.14. The minimum Gasteiger partial charge on any atom is -0.471 e. The molecule has 1 aliphatic carbocycles. The molecule has 0 unspecified atom stereocenters. The van der Waals surface area contributed by atoms with Crippen molar-refractivity contribution in [1.82, 2.24) is 15.6 Å². The van der Waals surface area contributed by atoms with Gasteiger partial charge in [0.1, 0.15) is 16.3 Å². The largest absolute Gasteiger partial charge is 0.471 e. The Morgan fingerprint density at radius 3 is 2.43 bits per heavy atom. The zero-order valence-corrected chi connectivity index (χ0v) is 26.7. The lowest BCUT2D eigenvalue weighted by Crippen LogP contribution is -2.40. The van der Waals surface area contributed by atoms with Crippen molar-refractivity contribution in [1.29, 1.82) is 0 Å². The molecule has 5 rings (SSSR count). The lowest BCUT2D eigenvalue weighted by molar-refractivity contribution is -0.182. The van der Waals surface area contributed by atoms with Crippen molar-refractivity contribution < 1.29 is 36.3 Å². The Labute approximate surface area is 278 Å². The van der Waals surface area contributed by atoms with E-state index < -0.39 is 37.1 Å². The number of aliphatic imine (C=N–C) groups is 1. The average molecular weight is 725 g/mol. The van der Waals surface area contributed by atoms with Gasteiger partial charge in [-0.25, -0.2) is 13.8 Å². The van der Waals surface area contributed by atoms with Gasteiger partial charge in [0.05, 0.1) is 26.7 Å². The zero-order chi connectivity index (χ0) is 33.2. The van der Waals surface area contributed by atoms with E-state index in [2.05, 4.69) is 25.9 Å². The number of aromatic nitrogens is 1. The maximum absolute atomic E-state index is 13.2.